The van der Waals surface area contributed by atoms with E-state index in [1.54, 1.807) is 0 Å². The average molecular weight is 302 g/mol. The van der Waals surface area contributed by atoms with E-state index in [9.17, 15) is 0 Å². The van der Waals surface area contributed by atoms with Crippen LogP contribution in [0.3, 0.4) is 0 Å². The first kappa shape index (κ1) is 15.6. The lowest BCUT2D eigenvalue weighted by atomic mass is 9.92. The maximum absolute atomic E-state index is 3.08. The second-order valence-corrected chi connectivity index (χ2v) is 4.84. The first-order valence-electron chi connectivity index (χ1n) is 4.97. The Kier molecular flexibility index (Phi) is 11.4. The molecule has 0 saturated carbocycles. The van der Waals surface area contributed by atoms with Gasteiger partial charge < -0.3 is 0 Å². The summed E-state index contributed by atoms with van der Waals surface area (Å²) in [6, 6.07) is 0. The van der Waals surface area contributed by atoms with E-state index in [2.05, 4.69) is 30.0 Å². The van der Waals surface area contributed by atoms with Crippen LogP contribution in [0.2, 0.25) is 0 Å². The van der Waals surface area contributed by atoms with Crippen molar-refractivity contribution in [3.05, 3.63) is 0 Å². The molecule has 1 unspecified atom stereocenters. The Bertz CT molecular complexity index is 76.8. The van der Waals surface area contributed by atoms with Gasteiger partial charge in [0.15, 0.2) is 0 Å². The second kappa shape index (κ2) is 8.74. The average Bonchev–Trinajstić information content (AvgIpc) is 1.88. The maximum Gasteiger partial charge on any atom is -0.0150 e. The highest BCUT2D eigenvalue weighted by molar-refractivity contribution is 14.0. The smallest absolute Gasteiger partial charge is 0.0150 e. The van der Waals surface area contributed by atoms with Gasteiger partial charge in [-0.15, -0.1) is 33.2 Å². The Labute approximate surface area is 97.5 Å². The van der Waals surface area contributed by atoms with Gasteiger partial charge in [0.25, 0.3) is 0 Å². The van der Waals surface area contributed by atoms with Crippen molar-refractivity contribution >= 4 is 33.2 Å². The number of rotatable bonds is 6. The molecule has 0 fully saturated rings. The van der Waals surface area contributed by atoms with Crippen LogP contribution in [0.5, 0.6) is 0 Å². The molecule has 0 rings (SSSR count). The van der Waals surface area contributed by atoms with Crippen LogP contribution >= 0.6 is 33.2 Å². The van der Waals surface area contributed by atoms with Crippen LogP contribution < -0.4 is 0 Å². The summed E-state index contributed by atoms with van der Waals surface area (Å²) in [7, 11) is 3.08. The molecule has 0 spiro atoms. The molecule has 0 amide bonds. The maximum atomic E-state index is 3.08. The Morgan fingerprint density at radius 2 is 1.08 bits per heavy atom. The number of halogens is 1. The third-order valence-corrected chi connectivity index (χ3v) is 3.11. The van der Waals surface area contributed by atoms with Gasteiger partial charge in [0, 0.05) is 0 Å². The minimum Gasteiger partial charge on any atom is -0.131 e. The minimum absolute atomic E-state index is 0. The SMILES string of the molecule is CCCC(P)(CCC)CCC.I. The lowest BCUT2D eigenvalue weighted by molar-refractivity contribution is 0.453. The molecular weight excluding hydrogens is 278 g/mol. The van der Waals surface area contributed by atoms with Crippen LogP contribution in [-0.2, 0) is 0 Å². The highest BCUT2D eigenvalue weighted by Gasteiger charge is 2.20. The Morgan fingerprint density at radius 1 is 0.833 bits per heavy atom. The van der Waals surface area contributed by atoms with E-state index in [1.165, 1.54) is 38.5 Å². The van der Waals surface area contributed by atoms with Crippen LogP contribution in [0.1, 0.15) is 59.3 Å². The molecule has 0 aliphatic heterocycles. The zero-order chi connectivity index (χ0) is 8.74. The van der Waals surface area contributed by atoms with E-state index in [0.29, 0.717) is 5.16 Å². The third-order valence-electron chi connectivity index (χ3n) is 2.24. The summed E-state index contributed by atoms with van der Waals surface area (Å²) in [6.07, 6.45) is 8.09. The molecule has 0 aromatic rings. The van der Waals surface area contributed by atoms with Gasteiger partial charge in [0.1, 0.15) is 0 Å². The monoisotopic (exact) mass is 302 g/mol. The highest BCUT2D eigenvalue weighted by Crippen LogP contribution is 2.34. The first-order chi connectivity index (χ1) is 5.18. The van der Waals surface area contributed by atoms with Crippen molar-refractivity contribution in [2.24, 2.45) is 0 Å². The van der Waals surface area contributed by atoms with E-state index >= 15 is 0 Å². The van der Waals surface area contributed by atoms with Gasteiger partial charge in [-0.2, -0.15) is 0 Å². The molecule has 2 heteroatoms. The van der Waals surface area contributed by atoms with Crippen LogP contribution in [0, 0.1) is 0 Å². The molecule has 0 nitrogen and oxygen atoms in total. The van der Waals surface area contributed by atoms with Crippen molar-refractivity contribution in [3.8, 4) is 0 Å². The van der Waals surface area contributed by atoms with Gasteiger partial charge in [-0.3, -0.25) is 0 Å². The molecule has 0 bridgehead atoms. The summed E-state index contributed by atoms with van der Waals surface area (Å²) >= 11 is 0. The molecule has 0 aromatic carbocycles. The van der Waals surface area contributed by atoms with E-state index in [4.69, 9.17) is 0 Å². The fourth-order valence-electron chi connectivity index (χ4n) is 1.87. The second-order valence-electron chi connectivity index (χ2n) is 3.61. The van der Waals surface area contributed by atoms with E-state index in [0.717, 1.165) is 0 Å². The summed E-state index contributed by atoms with van der Waals surface area (Å²) in [6.45, 7) is 6.85. The van der Waals surface area contributed by atoms with Crippen molar-refractivity contribution < 1.29 is 0 Å². The summed E-state index contributed by atoms with van der Waals surface area (Å²) in [5, 5.41) is 0.568. The summed E-state index contributed by atoms with van der Waals surface area (Å²) in [4.78, 5) is 0. The zero-order valence-electron chi connectivity index (χ0n) is 8.73. The summed E-state index contributed by atoms with van der Waals surface area (Å²) < 4.78 is 0. The molecule has 1 atom stereocenters. The topological polar surface area (TPSA) is 0 Å². The first-order valence-corrected chi connectivity index (χ1v) is 5.55. The fourth-order valence-corrected chi connectivity index (χ4v) is 2.73. The van der Waals surface area contributed by atoms with Crippen LogP contribution in [0.25, 0.3) is 0 Å². The van der Waals surface area contributed by atoms with E-state index in [1.807, 2.05) is 0 Å². The van der Waals surface area contributed by atoms with Crippen LogP contribution in [0.4, 0.5) is 0 Å². The van der Waals surface area contributed by atoms with Gasteiger partial charge in [0.05, 0.1) is 0 Å². The van der Waals surface area contributed by atoms with E-state index < -0.39 is 0 Å². The van der Waals surface area contributed by atoms with Gasteiger partial charge in [-0.1, -0.05) is 40.0 Å². The lowest BCUT2D eigenvalue weighted by Gasteiger charge is -2.28. The summed E-state index contributed by atoms with van der Waals surface area (Å²) in [5.74, 6) is 0. The predicted molar refractivity (Wildman–Crippen MR) is 72.6 cm³/mol. The minimum atomic E-state index is 0. The molecule has 0 aliphatic rings. The van der Waals surface area contributed by atoms with Crippen LogP contribution in [-0.4, -0.2) is 5.16 Å². The zero-order valence-corrected chi connectivity index (χ0v) is 12.2. The van der Waals surface area contributed by atoms with Gasteiger partial charge in [0.2, 0.25) is 0 Å². The number of hydrogen-bond acceptors (Lipinski definition) is 0. The Hall–Kier alpha value is 1.16. The predicted octanol–water partition coefficient (Wildman–Crippen LogP) is 4.62. The van der Waals surface area contributed by atoms with Crippen molar-refractivity contribution in [3.63, 3.8) is 0 Å². The molecule has 0 aliphatic carbocycles. The van der Waals surface area contributed by atoms with Gasteiger partial charge in [-0.05, 0) is 24.4 Å². The Balaban J connectivity index is 0. The normalized spacial score (nSPS) is 11.0. The fraction of sp³-hybridized carbons (Fsp3) is 1.00. The largest absolute Gasteiger partial charge is 0.131 e. The van der Waals surface area contributed by atoms with Crippen molar-refractivity contribution in [2.45, 2.75) is 64.5 Å². The van der Waals surface area contributed by atoms with Gasteiger partial charge in [-0.25, -0.2) is 0 Å². The standard InChI is InChI=1S/C10H23P.HI/c1-4-7-10(11,8-5-2)9-6-3;/h4-9,11H2,1-3H3;1H. The molecule has 12 heavy (non-hydrogen) atoms. The lowest BCUT2D eigenvalue weighted by Crippen LogP contribution is -2.19. The quantitative estimate of drug-likeness (QED) is 0.496. The molecule has 0 saturated heterocycles. The molecule has 76 valence electrons. The molecule has 0 heterocycles. The highest BCUT2D eigenvalue weighted by atomic mass is 127. The van der Waals surface area contributed by atoms with E-state index in [-0.39, 0.29) is 24.0 Å². The Morgan fingerprint density at radius 3 is 1.25 bits per heavy atom. The molecule has 0 aromatic heterocycles. The van der Waals surface area contributed by atoms with Crippen LogP contribution in [0.15, 0.2) is 0 Å². The third kappa shape index (κ3) is 6.65. The number of hydrogen-bond donors (Lipinski definition) is 0. The molecular formula is C10H24IP. The van der Waals surface area contributed by atoms with Gasteiger partial charge >= 0.3 is 0 Å². The molecule has 0 N–H and O–H groups in total. The van der Waals surface area contributed by atoms with Crippen molar-refractivity contribution in [1.29, 1.82) is 0 Å². The van der Waals surface area contributed by atoms with Crippen molar-refractivity contribution in [1.82, 2.24) is 0 Å². The van der Waals surface area contributed by atoms with Crippen molar-refractivity contribution in [2.75, 3.05) is 0 Å². The summed E-state index contributed by atoms with van der Waals surface area (Å²) in [5.41, 5.74) is 0. The molecule has 0 radical (unpaired) electrons.